The van der Waals surface area contributed by atoms with Crippen LogP contribution >= 0.6 is 0 Å². The molecule has 240 valence electrons. The van der Waals surface area contributed by atoms with Gasteiger partial charge < -0.3 is 20.5 Å². The summed E-state index contributed by atoms with van der Waals surface area (Å²) in [6.45, 7) is 0. The van der Waals surface area contributed by atoms with Crippen LogP contribution in [0.4, 0.5) is 0 Å². The first-order valence-corrected chi connectivity index (χ1v) is 12.1. The zero-order valence-corrected chi connectivity index (χ0v) is 32.0. The van der Waals surface area contributed by atoms with E-state index >= 15 is 0 Å². The van der Waals surface area contributed by atoms with Gasteiger partial charge in [0.15, 0.2) is 17.2 Å². The summed E-state index contributed by atoms with van der Waals surface area (Å²) >= 11 is 0. The van der Waals surface area contributed by atoms with Gasteiger partial charge in [-0.05, 0) is 42.1 Å². The van der Waals surface area contributed by atoms with Crippen molar-refractivity contribution < 1.29 is 169 Å². The van der Waals surface area contributed by atoms with Crippen molar-refractivity contribution in [2.45, 2.75) is 0 Å². The van der Waals surface area contributed by atoms with Crippen molar-refractivity contribution in [2.75, 3.05) is 0 Å². The molecule has 0 fully saturated rings. The molecule has 0 spiro atoms. The molecule has 0 atom stereocenters. The van der Waals surface area contributed by atoms with Crippen LogP contribution in [-0.2, 0) is 4.79 Å². The predicted molar refractivity (Wildman–Crippen MR) is 150 cm³/mol. The predicted octanol–water partition coefficient (Wildman–Crippen LogP) is -1.52. The molecule has 3 N–H and O–H groups in total. The minimum atomic E-state index is -1.14. The van der Waals surface area contributed by atoms with Crippen molar-refractivity contribution in [1.82, 2.24) is 60.5 Å². The van der Waals surface area contributed by atoms with E-state index in [9.17, 15) is 14.4 Å². The van der Waals surface area contributed by atoms with E-state index < -0.39 is 11.9 Å². The maximum Gasteiger partial charge on any atom is 1.00 e. The van der Waals surface area contributed by atoms with Crippen molar-refractivity contribution in [2.24, 2.45) is 0 Å². The molecule has 0 aromatic carbocycles. The fraction of sp³-hybridized carbons (Fsp3) is 0. The van der Waals surface area contributed by atoms with Crippen LogP contribution < -0.4 is 51.4 Å². The summed E-state index contributed by atoms with van der Waals surface area (Å²) in [4.78, 5) is 55.1. The van der Waals surface area contributed by atoms with Gasteiger partial charge in [0.2, 0.25) is 11.6 Å². The van der Waals surface area contributed by atoms with Crippen LogP contribution in [0.3, 0.4) is 0 Å². The van der Waals surface area contributed by atoms with Gasteiger partial charge in [-0.3, -0.25) is 25.0 Å². The average Bonchev–Trinajstić information content (AvgIpc) is 3.10. The average molecular weight is 957 g/mol. The van der Waals surface area contributed by atoms with Gasteiger partial charge in [-0.1, -0.05) is 24.4 Å². The number of carboxylic acids is 2. The van der Waals surface area contributed by atoms with Crippen molar-refractivity contribution in [3.63, 3.8) is 0 Å². The Bertz CT molecular complexity index is 1780. The molecule has 6 aromatic heterocycles. The standard InChI is InChI=1S/2C9H6N4O2.C9H5N4O.Eu.K.H2O.Tb/c2*14-9(15)7-5-11-13-8(12-7)6-3-1-2-4-10-6;14-6-7-5-11-13-9(12-7)8-3-1-2-4-10-8;;;;/h2*1-5H,(H,14,15);1-5H;;;1H2;/q;;-1;;+1;;/p-1. The third-order valence-electron chi connectivity index (χ3n) is 4.90. The Balaban J connectivity index is 0.000000663. The number of pyridine rings is 3. The fourth-order valence-electron chi connectivity index (χ4n) is 2.98. The number of hydrogen-bond donors (Lipinski definition) is 2. The first-order chi connectivity index (χ1) is 21.4. The Morgan fingerprint density at radius 3 is 1.25 bits per heavy atom. The zero-order valence-electron chi connectivity index (χ0n) is 24.3. The van der Waals surface area contributed by atoms with Crippen molar-refractivity contribution in [1.29, 1.82) is 0 Å². The number of rotatable bonds is 6. The topological polar surface area (TPSA) is 276 Å². The van der Waals surface area contributed by atoms with Gasteiger partial charge >= 0.3 is 63.3 Å². The number of hydrogen-bond acceptors (Lipinski definition) is 16. The minimum Gasteiger partial charge on any atom is -0.870 e. The van der Waals surface area contributed by atoms with Crippen LogP contribution in [0.2, 0.25) is 0 Å². The molecular weight excluding hydrogens is 938 g/mol. The molecule has 21 heteroatoms. The summed E-state index contributed by atoms with van der Waals surface area (Å²) in [6.07, 6.45) is 9.85. The zero-order chi connectivity index (χ0) is 31.1. The molecule has 6 aromatic rings. The van der Waals surface area contributed by atoms with Gasteiger partial charge in [0, 0.05) is 113 Å². The van der Waals surface area contributed by atoms with Crippen LogP contribution in [0.5, 0.6) is 0 Å². The molecular formula is C27H18EuKN12O6Tb-. The number of aromatic carboxylic acids is 2. The summed E-state index contributed by atoms with van der Waals surface area (Å²) in [5.41, 5.74) is 1.40. The van der Waals surface area contributed by atoms with Crippen molar-refractivity contribution in [3.05, 3.63) is 109 Å². The SMILES string of the molecule is O=C(O)c1cnnc(-c2ccccn2)n1.O=C(O)c1cnnc(-c2ccccn2)n1.O=[C-]c1cnnc(-c2ccccn2)n1.[Eu].[K+].[OH-].[Tb]. The minimum absolute atomic E-state index is 0. The van der Waals surface area contributed by atoms with Crippen LogP contribution in [-0.4, -0.2) is 94.4 Å². The van der Waals surface area contributed by atoms with E-state index in [4.69, 9.17) is 10.2 Å². The van der Waals surface area contributed by atoms with Gasteiger partial charge in [0.05, 0.1) is 12.4 Å². The largest absolute Gasteiger partial charge is 1.00 e. The third-order valence-corrected chi connectivity index (χ3v) is 4.90. The number of carbonyl (C=O) groups excluding carboxylic acids is 1. The number of nitrogens with zero attached hydrogens (tertiary/aromatic N) is 12. The van der Waals surface area contributed by atoms with Crippen molar-refractivity contribution >= 4 is 18.2 Å². The number of aromatic nitrogens is 12. The summed E-state index contributed by atoms with van der Waals surface area (Å²) in [6, 6.07) is 15.7. The summed E-state index contributed by atoms with van der Waals surface area (Å²) in [5, 5.41) is 39.3. The van der Waals surface area contributed by atoms with Gasteiger partial charge in [-0.25, -0.2) is 19.6 Å². The van der Waals surface area contributed by atoms with Gasteiger partial charge in [0.25, 0.3) is 0 Å². The maximum atomic E-state index is 10.6. The second-order valence-corrected chi connectivity index (χ2v) is 7.85. The molecule has 0 bridgehead atoms. The first kappa shape index (κ1) is 45.6. The van der Waals surface area contributed by atoms with Crippen LogP contribution in [0.25, 0.3) is 34.6 Å². The van der Waals surface area contributed by atoms with Gasteiger partial charge in [-0.2, -0.15) is 10.2 Å². The molecule has 0 unspecified atom stereocenters. The Morgan fingerprint density at radius 1 is 0.583 bits per heavy atom. The summed E-state index contributed by atoms with van der Waals surface area (Å²) in [7, 11) is 0. The van der Waals surface area contributed by atoms with Gasteiger partial charge in [-0.15, -0.1) is 15.3 Å². The van der Waals surface area contributed by atoms with Crippen LogP contribution in [0.15, 0.2) is 91.8 Å². The molecule has 2 radical (unpaired) electrons. The smallest absolute Gasteiger partial charge is 0.870 e. The Hall–Kier alpha value is -2.44. The van der Waals surface area contributed by atoms with Crippen LogP contribution in [0.1, 0.15) is 26.7 Å². The quantitative estimate of drug-likeness (QED) is 0.142. The van der Waals surface area contributed by atoms with E-state index in [-0.39, 0.29) is 174 Å². The molecule has 0 saturated carbocycles. The van der Waals surface area contributed by atoms with E-state index in [1.165, 1.54) is 6.20 Å². The maximum absolute atomic E-state index is 10.6. The Labute approximate surface area is 385 Å². The van der Waals surface area contributed by atoms with Gasteiger partial charge in [0.1, 0.15) is 17.1 Å². The second kappa shape index (κ2) is 24.7. The first-order valence-electron chi connectivity index (χ1n) is 12.1. The third kappa shape index (κ3) is 14.6. The van der Waals surface area contributed by atoms with E-state index in [2.05, 4.69) is 60.5 Å². The van der Waals surface area contributed by atoms with E-state index in [0.717, 1.165) is 12.4 Å². The molecule has 0 aliphatic carbocycles. The van der Waals surface area contributed by atoms with E-state index in [1.54, 1.807) is 73.4 Å². The molecule has 0 saturated heterocycles. The molecule has 0 amide bonds. The fourth-order valence-corrected chi connectivity index (χ4v) is 2.98. The Morgan fingerprint density at radius 2 is 0.938 bits per heavy atom. The van der Waals surface area contributed by atoms with E-state index in [0.29, 0.717) is 22.9 Å². The molecule has 6 heterocycles. The molecule has 48 heavy (non-hydrogen) atoms. The number of carbonyl (C=O) groups is 2. The van der Waals surface area contributed by atoms with E-state index in [1.807, 2.05) is 6.07 Å². The normalized spacial score (nSPS) is 9.00. The summed E-state index contributed by atoms with van der Waals surface area (Å²) in [5.74, 6) is -1.54. The molecule has 6 rings (SSSR count). The van der Waals surface area contributed by atoms with Crippen molar-refractivity contribution in [3.8, 4) is 34.6 Å². The molecule has 0 aliphatic rings. The monoisotopic (exact) mass is 957 g/mol. The second-order valence-electron chi connectivity index (χ2n) is 7.85. The summed E-state index contributed by atoms with van der Waals surface area (Å²) < 4.78 is 0. The number of carboxylic acid groups (broad SMARTS) is 2. The Kier molecular flexibility index (Phi) is 23.4. The van der Waals surface area contributed by atoms with Crippen LogP contribution in [0, 0.1) is 88.0 Å². The molecule has 0 aliphatic heterocycles. The molecule has 18 nitrogen and oxygen atoms in total.